The Hall–Kier alpha value is -2.18. The number of nitrogens with one attached hydrogen (secondary N) is 1. The first-order valence-corrected chi connectivity index (χ1v) is 6.84. The molecule has 2 aromatic rings. The second-order valence-corrected chi connectivity index (χ2v) is 5.14. The average Bonchev–Trinajstić information content (AvgIpc) is 3.05. The minimum Gasteiger partial charge on any atom is -0.479 e. The first-order valence-electron chi connectivity index (χ1n) is 6.84. The first kappa shape index (κ1) is 12.8. The lowest BCUT2D eigenvalue weighted by molar-refractivity contribution is -0.143. The number of aromatic amines is 1. The van der Waals surface area contributed by atoms with E-state index in [4.69, 9.17) is 0 Å². The summed E-state index contributed by atoms with van der Waals surface area (Å²) in [5.41, 5.74) is 0.412. The minimum atomic E-state index is -0.860. The largest absolute Gasteiger partial charge is 0.479 e. The summed E-state index contributed by atoms with van der Waals surface area (Å²) in [4.78, 5) is 29.3. The summed E-state index contributed by atoms with van der Waals surface area (Å²) in [7, 11) is 0. The SMILES string of the molecule is CCCC1(C(=O)O)CCCN1c1ncnc2nc[nH]c12. The highest BCUT2D eigenvalue weighted by Gasteiger charge is 2.48. The topological polar surface area (TPSA) is 95.0 Å². The zero-order chi connectivity index (χ0) is 14.2. The molecule has 1 aliphatic heterocycles. The number of anilines is 1. The summed E-state index contributed by atoms with van der Waals surface area (Å²) >= 11 is 0. The number of aliphatic carboxylic acids is 1. The van der Waals surface area contributed by atoms with Crippen LogP contribution in [-0.4, -0.2) is 43.1 Å². The molecule has 1 saturated heterocycles. The number of carbonyl (C=O) groups is 1. The van der Waals surface area contributed by atoms with Crippen molar-refractivity contribution in [1.29, 1.82) is 0 Å². The Labute approximate surface area is 116 Å². The molecule has 1 atom stereocenters. The van der Waals surface area contributed by atoms with Crippen molar-refractivity contribution in [3.8, 4) is 0 Å². The molecule has 0 amide bonds. The van der Waals surface area contributed by atoms with Gasteiger partial charge in [0.05, 0.1) is 6.33 Å². The van der Waals surface area contributed by atoms with Gasteiger partial charge in [-0.3, -0.25) is 0 Å². The fourth-order valence-corrected chi connectivity index (χ4v) is 3.15. The van der Waals surface area contributed by atoms with Gasteiger partial charge in [-0.25, -0.2) is 19.7 Å². The standard InChI is InChI=1S/C13H17N5O2/c1-2-4-13(12(19)20)5-3-6-18(13)11-9-10(15-7-14-9)16-8-17-11/h7-8H,2-6H2,1H3,(H,19,20)(H,14,15,16,17). The van der Waals surface area contributed by atoms with Crippen molar-refractivity contribution < 1.29 is 9.90 Å². The van der Waals surface area contributed by atoms with E-state index in [-0.39, 0.29) is 0 Å². The van der Waals surface area contributed by atoms with E-state index < -0.39 is 11.5 Å². The molecule has 3 heterocycles. The summed E-state index contributed by atoms with van der Waals surface area (Å²) in [6.45, 7) is 2.70. The molecule has 3 rings (SSSR count). The van der Waals surface area contributed by atoms with Gasteiger partial charge in [0.25, 0.3) is 0 Å². The molecule has 0 bridgehead atoms. The van der Waals surface area contributed by atoms with Crippen molar-refractivity contribution in [1.82, 2.24) is 19.9 Å². The van der Waals surface area contributed by atoms with Gasteiger partial charge < -0.3 is 15.0 Å². The highest BCUT2D eigenvalue weighted by molar-refractivity contribution is 5.90. The lowest BCUT2D eigenvalue weighted by Gasteiger charge is -2.35. The van der Waals surface area contributed by atoms with Crippen molar-refractivity contribution in [2.75, 3.05) is 11.4 Å². The molecule has 1 aliphatic rings. The van der Waals surface area contributed by atoms with Gasteiger partial charge in [-0.1, -0.05) is 13.3 Å². The summed E-state index contributed by atoms with van der Waals surface area (Å²) in [6, 6.07) is 0. The van der Waals surface area contributed by atoms with Crippen molar-refractivity contribution in [2.24, 2.45) is 0 Å². The van der Waals surface area contributed by atoms with E-state index in [2.05, 4.69) is 19.9 Å². The Morgan fingerprint density at radius 3 is 3.10 bits per heavy atom. The molecular formula is C13H17N5O2. The van der Waals surface area contributed by atoms with Gasteiger partial charge in [-0.05, 0) is 19.3 Å². The monoisotopic (exact) mass is 275 g/mol. The molecular weight excluding hydrogens is 258 g/mol. The van der Waals surface area contributed by atoms with Gasteiger partial charge >= 0.3 is 5.97 Å². The van der Waals surface area contributed by atoms with E-state index in [1.165, 1.54) is 6.33 Å². The Morgan fingerprint density at radius 1 is 1.50 bits per heavy atom. The average molecular weight is 275 g/mol. The normalized spacial score (nSPS) is 22.6. The van der Waals surface area contributed by atoms with Crippen LogP contribution in [0.2, 0.25) is 0 Å². The summed E-state index contributed by atoms with van der Waals surface area (Å²) in [6.07, 6.45) is 5.93. The van der Waals surface area contributed by atoms with Crippen LogP contribution in [0, 0.1) is 0 Å². The van der Waals surface area contributed by atoms with Gasteiger partial charge in [0.1, 0.15) is 17.4 Å². The molecule has 0 radical (unpaired) electrons. The summed E-state index contributed by atoms with van der Waals surface area (Å²) in [5.74, 6) is -0.135. The number of fused-ring (bicyclic) bond motifs is 1. The molecule has 0 saturated carbocycles. The molecule has 7 nitrogen and oxygen atoms in total. The Bertz CT molecular complexity index is 640. The van der Waals surface area contributed by atoms with E-state index in [0.29, 0.717) is 36.4 Å². The second kappa shape index (κ2) is 4.73. The van der Waals surface area contributed by atoms with Gasteiger partial charge in [-0.15, -0.1) is 0 Å². The van der Waals surface area contributed by atoms with Crippen molar-refractivity contribution in [2.45, 2.75) is 38.1 Å². The predicted octanol–water partition coefficient (Wildman–Crippen LogP) is 1.58. The molecule has 1 unspecified atom stereocenters. The van der Waals surface area contributed by atoms with Gasteiger partial charge in [0, 0.05) is 6.54 Å². The van der Waals surface area contributed by atoms with Gasteiger partial charge in [0.2, 0.25) is 0 Å². The third kappa shape index (κ3) is 1.73. The van der Waals surface area contributed by atoms with Crippen LogP contribution in [0.3, 0.4) is 0 Å². The number of nitrogens with zero attached hydrogens (tertiary/aromatic N) is 4. The van der Waals surface area contributed by atoms with E-state index in [9.17, 15) is 9.90 Å². The zero-order valence-corrected chi connectivity index (χ0v) is 11.3. The van der Waals surface area contributed by atoms with Crippen LogP contribution >= 0.6 is 0 Å². The number of rotatable bonds is 4. The smallest absolute Gasteiger partial charge is 0.329 e. The quantitative estimate of drug-likeness (QED) is 0.879. The van der Waals surface area contributed by atoms with E-state index in [1.807, 2.05) is 11.8 Å². The van der Waals surface area contributed by atoms with Gasteiger partial charge in [0.15, 0.2) is 11.5 Å². The molecule has 2 N–H and O–H groups in total. The van der Waals surface area contributed by atoms with Crippen LogP contribution in [0.25, 0.3) is 11.2 Å². The molecule has 0 aliphatic carbocycles. The lowest BCUT2D eigenvalue weighted by atomic mass is 9.90. The van der Waals surface area contributed by atoms with Crippen LogP contribution in [0.15, 0.2) is 12.7 Å². The molecule has 0 spiro atoms. The highest BCUT2D eigenvalue weighted by atomic mass is 16.4. The number of hydrogen-bond donors (Lipinski definition) is 2. The number of H-pyrrole nitrogens is 1. The fourth-order valence-electron chi connectivity index (χ4n) is 3.15. The summed E-state index contributed by atoms with van der Waals surface area (Å²) in [5, 5.41) is 9.74. The number of carboxylic acids is 1. The highest BCUT2D eigenvalue weighted by Crippen LogP contribution is 2.38. The minimum absolute atomic E-state index is 0.567. The number of aromatic nitrogens is 4. The van der Waals surface area contributed by atoms with Crippen molar-refractivity contribution in [3.05, 3.63) is 12.7 Å². The predicted molar refractivity (Wildman–Crippen MR) is 73.5 cm³/mol. The molecule has 0 aromatic carbocycles. The van der Waals surface area contributed by atoms with Crippen LogP contribution in [0.5, 0.6) is 0 Å². The second-order valence-electron chi connectivity index (χ2n) is 5.14. The first-order chi connectivity index (χ1) is 9.69. The van der Waals surface area contributed by atoms with E-state index in [0.717, 1.165) is 12.8 Å². The fraction of sp³-hybridized carbons (Fsp3) is 0.538. The Balaban J connectivity index is 2.12. The van der Waals surface area contributed by atoms with E-state index in [1.54, 1.807) is 6.33 Å². The van der Waals surface area contributed by atoms with Crippen molar-refractivity contribution in [3.63, 3.8) is 0 Å². The molecule has 2 aromatic heterocycles. The molecule has 7 heteroatoms. The third-order valence-corrected chi connectivity index (χ3v) is 4.01. The molecule has 106 valence electrons. The molecule has 1 fully saturated rings. The van der Waals surface area contributed by atoms with Crippen LogP contribution in [0.1, 0.15) is 32.6 Å². The summed E-state index contributed by atoms with van der Waals surface area (Å²) < 4.78 is 0. The van der Waals surface area contributed by atoms with Crippen LogP contribution in [-0.2, 0) is 4.79 Å². The van der Waals surface area contributed by atoms with Crippen LogP contribution < -0.4 is 4.90 Å². The Kier molecular flexibility index (Phi) is 3.04. The van der Waals surface area contributed by atoms with Gasteiger partial charge in [-0.2, -0.15) is 0 Å². The number of imidazole rings is 1. The zero-order valence-electron chi connectivity index (χ0n) is 11.3. The van der Waals surface area contributed by atoms with E-state index >= 15 is 0 Å². The maximum absolute atomic E-state index is 11.9. The third-order valence-electron chi connectivity index (χ3n) is 4.01. The number of hydrogen-bond acceptors (Lipinski definition) is 5. The van der Waals surface area contributed by atoms with Crippen LogP contribution in [0.4, 0.5) is 5.82 Å². The lowest BCUT2D eigenvalue weighted by Crippen LogP contribution is -2.51. The Morgan fingerprint density at radius 2 is 2.35 bits per heavy atom. The van der Waals surface area contributed by atoms with Crippen molar-refractivity contribution >= 4 is 23.0 Å². The maximum atomic E-state index is 11.9. The molecule has 20 heavy (non-hydrogen) atoms. The maximum Gasteiger partial charge on any atom is 0.329 e. The number of carboxylic acid groups (broad SMARTS) is 1.